The van der Waals surface area contributed by atoms with Crippen LogP contribution < -0.4 is 0 Å². The van der Waals surface area contributed by atoms with Crippen LogP contribution in [0.3, 0.4) is 0 Å². The topological polar surface area (TPSA) is 65.9 Å². The monoisotopic (exact) mass is 410 g/mol. The molecule has 2 aromatic rings. The minimum Gasteiger partial charge on any atom is -0.366 e. The van der Waals surface area contributed by atoms with Crippen LogP contribution in [0.15, 0.2) is 53.8 Å². The number of pyridine rings is 1. The molecule has 0 aliphatic heterocycles. The molecule has 2 amide bonds. The van der Waals surface area contributed by atoms with E-state index in [-0.39, 0.29) is 5.91 Å². The fourth-order valence-electron chi connectivity index (χ4n) is 2.63. The van der Waals surface area contributed by atoms with Gasteiger partial charge in [0.25, 0.3) is 5.91 Å². The first kappa shape index (κ1) is 22.1. The van der Waals surface area contributed by atoms with Gasteiger partial charge in [-0.1, -0.05) is 35.7 Å². The Morgan fingerprint density at radius 3 is 2.66 bits per heavy atom. The van der Waals surface area contributed by atoms with E-state index in [9.17, 15) is 9.59 Å². The molecule has 0 spiro atoms. The molecule has 0 fully saturated rings. The molecule has 0 saturated heterocycles. The number of halogens is 1. The molecule has 0 aliphatic carbocycles. The highest BCUT2D eigenvalue weighted by molar-refractivity contribution is 6.31. The van der Waals surface area contributed by atoms with Crippen LogP contribution in [0.2, 0.25) is 5.02 Å². The Bertz CT molecular complexity index is 880. The van der Waals surface area contributed by atoms with Crippen LogP contribution in [0.5, 0.6) is 0 Å². The summed E-state index contributed by atoms with van der Waals surface area (Å²) in [7, 11) is 1.88. The van der Waals surface area contributed by atoms with Crippen molar-refractivity contribution in [3.05, 3.63) is 64.9 Å². The van der Waals surface area contributed by atoms with E-state index in [0.29, 0.717) is 42.1 Å². The second kappa shape index (κ2) is 11.6. The van der Waals surface area contributed by atoms with E-state index in [1.165, 1.54) is 4.90 Å². The summed E-state index contributed by atoms with van der Waals surface area (Å²) in [5.41, 5.74) is 1.18. The summed E-state index contributed by atoms with van der Waals surface area (Å²) in [4.78, 5) is 35.1. The van der Waals surface area contributed by atoms with Gasteiger partial charge in [0.15, 0.2) is 0 Å². The highest BCUT2D eigenvalue weighted by Gasteiger charge is 2.14. The highest BCUT2D eigenvalue weighted by Crippen LogP contribution is 2.23. The second-order valence-electron chi connectivity index (χ2n) is 6.39. The molecule has 1 atom stereocenters. The quantitative estimate of drug-likeness (QED) is 0.198. The average molecular weight is 411 g/mol. The van der Waals surface area contributed by atoms with Gasteiger partial charge in [0.1, 0.15) is 6.04 Å². The molecule has 0 N–H and O–H groups in total. The van der Waals surface area contributed by atoms with Gasteiger partial charge in [-0.3, -0.25) is 24.5 Å². The van der Waals surface area contributed by atoms with Gasteiger partial charge in [0.05, 0.1) is 6.34 Å². The van der Waals surface area contributed by atoms with Crippen LogP contribution in [0, 0.1) is 12.3 Å². The summed E-state index contributed by atoms with van der Waals surface area (Å²) < 4.78 is 0. The van der Waals surface area contributed by atoms with E-state index in [2.05, 4.69) is 15.9 Å². The Morgan fingerprint density at radius 2 is 2.00 bits per heavy atom. The zero-order valence-electron chi connectivity index (χ0n) is 16.2. The summed E-state index contributed by atoms with van der Waals surface area (Å²) in [6, 6.07) is 9.92. The summed E-state index contributed by atoms with van der Waals surface area (Å²) in [6.07, 6.45) is 12.5. The van der Waals surface area contributed by atoms with Gasteiger partial charge >= 0.3 is 0 Å². The van der Waals surface area contributed by atoms with Crippen molar-refractivity contribution in [3.63, 3.8) is 0 Å². The van der Waals surface area contributed by atoms with Gasteiger partial charge in [0.2, 0.25) is 6.41 Å². The van der Waals surface area contributed by atoms with Gasteiger partial charge in [-0.25, -0.2) is 0 Å². The van der Waals surface area contributed by atoms with Crippen molar-refractivity contribution in [2.45, 2.75) is 18.9 Å². The minimum atomic E-state index is -0.507. The molecule has 29 heavy (non-hydrogen) atoms. The average Bonchev–Trinajstić information content (AvgIpc) is 2.75. The van der Waals surface area contributed by atoms with Crippen molar-refractivity contribution in [3.8, 4) is 12.3 Å². The first-order valence-corrected chi connectivity index (χ1v) is 9.55. The lowest BCUT2D eigenvalue weighted by atomic mass is 10.1. The van der Waals surface area contributed by atoms with Gasteiger partial charge in [-0.2, -0.15) is 0 Å². The number of unbranched alkanes of at least 4 members (excludes halogenated alkanes) is 1. The number of hydrogen-bond donors (Lipinski definition) is 0. The zero-order valence-corrected chi connectivity index (χ0v) is 17.0. The van der Waals surface area contributed by atoms with E-state index in [1.54, 1.807) is 49.1 Å². The molecule has 0 saturated carbocycles. The number of aromatic nitrogens is 1. The predicted molar refractivity (Wildman–Crippen MR) is 115 cm³/mol. The highest BCUT2D eigenvalue weighted by atomic mass is 35.5. The molecule has 1 aromatic heterocycles. The zero-order chi connectivity index (χ0) is 21.1. The van der Waals surface area contributed by atoms with E-state index in [4.69, 9.17) is 18.0 Å². The molecule has 0 radical (unpaired) electrons. The third-order valence-corrected chi connectivity index (χ3v) is 4.57. The number of hydrogen-bond acceptors (Lipinski definition) is 4. The lowest BCUT2D eigenvalue weighted by Crippen LogP contribution is -2.31. The number of rotatable bonds is 10. The molecule has 150 valence electrons. The Kier molecular flexibility index (Phi) is 8.87. The van der Waals surface area contributed by atoms with E-state index < -0.39 is 6.04 Å². The third-order valence-electron chi connectivity index (χ3n) is 4.23. The Morgan fingerprint density at radius 1 is 1.28 bits per heavy atom. The normalized spacial score (nSPS) is 11.6. The van der Waals surface area contributed by atoms with Gasteiger partial charge in [-0.15, -0.1) is 6.42 Å². The maximum atomic E-state index is 12.3. The van der Waals surface area contributed by atoms with Crippen LogP contribution in [-0.4, -0.2) is 53.6 Å². The van der Waals surface area contributed by atoms with Gasteiger partial charge in [-0.05, 0) is 31.0 Å². The fraction of sp³-hybridized carbons (Fsp3) is 0.273. The standard InChI is InChI=1S/C22H23ClN4O2/c1-3-21(19-15-24-12-11-20(19)23)25-16-26(2)13-7-8-14-27(17-28)22(29)18-9-5-4-6-10-18/h1,4-6,9-12,15-17,21H,7-8,13-14H2,2H3. The molecule has 0 aliphatic rings. The summed E-state index contributed by atoms with van der Waals surface area (Å²) in [5.74, 6) is 2.31. The molecular weight excluding hydrogens is 388 g/mol. The smallest absolute Gasteiger partial charge is 0.260 e. The first-order valence-electron chi connectivity index (χ1n) is 9.17. The van der Waals surface area contributed by atoms with Crippen molar-refractivity contribution in [1.82, 2.24) is 14.8 Å². The number of nitrogens with zero attached hydrogens (tertiary/aromatic N) is 4. The molecule has 2 rings (SSSR count). The van der Waals surface area contributed by atoms with Crippen LogP contribution in [0.25, 0.3) is 0 Å². The molecule has 1 unspecified atom stereocenters. The maximum Gasteiger partial charge on any atom is 0.260 e. The Hall–Kier alpha value is -3.17. The number of imide groups is 1. The minimum absolute atomic E-state index is 0.291. The second-order valence-corrected chi connectivity index (χ2v) is 6.80. The van der Waals surface area contributed by atoms with E-state index in [1.807, 2.05) is 18.0 Å². The van der Waals surface area contributed by atoms with E-state index >= 15 is 0 Å². The van der Waals surface area contributed by atoms with Gasteiger partial charge < -0.3 is 4.90 Å². The van der Waals surface area contributed by atoms with Crippen LogP contribution in [-0.2, 0) is 4.79 Å². The Labute approximate surface area is 176 Å². The van der Waals surface area contributed by atoms with Crippen molar-refractivity contribution in [2.24, 2.45) is 4.99 Å². The molecule has 7 heteroatoms. The number of aliphatic imine (C=N–C) groups is 1. The molecule has 0 bridgehead atoms. The summed E-state index contributed by atoms with van der Waals surface area (Å²) in [6.45, 7) is 1.06. The van der Waals surface area contributed by atoms with Crippen LogP contribution >= 0.6 is 11.6 Å². The lowest BCUT2D eigenvalue weighted by molar-refractivity contribution is -0.116. The summed E-state index contributed by atoms with van der Waals surface area (Å²) in [5, 5.41) is 0.528. The fourth-order valence-corrected chi connectivity index (χ4v) is 2.84. The molecular formula is C22H23ClN4O2. The third kappa shape index (κ3) is 6.74. The molecule has 1 aromatic carbocycles. The number of carbonyl (C=O) groups is 2. The summed E-state index contributed by atoms with van der Waals surface area (Å²) >= 11 is 6.14. The lowest BCUT2D eigenvalue weighted by Gasteiger charge is -2.17. The van der Waals surface area contributed by atoms with Crippen LogP contribution in [0.4, 0.5) is 0 Å². The van der Waals surface area contributed by atoms with Crippen LogP contribution in [0.1, 0.15) is 34.8 Å². The van der Waals surface area contributed by atoms with Crippen molar-refractivity contribution in [1.29, 1.82) is 0 Å². The molecule has 1 heterocycles. The SMILES string of the molecule is C#CC(N=CN(C)CCCCN(C=O)C(=O)c1ccccc1)c1cnccc1Cl. The molecule has 6 nitrogen and oxygen atoms in total. The van der Waals surface area contributed by atoms with Crippen molar-refractivity contribution >= 4 is 30.3 Å². The number of amides is 2. The number of benzene rings is 1. The number of terminal acetylenes is 1. The van der Waals surface area contributed by atoms with Crippen molar-refractivity contribution in [2.75, 3.05) is 20.1 Å². The largest absolute Gasteiger partial charge is 0.366 e. The predicted octanol–water partition coefficient (Wildman–Crippen LogP) is 3.45. The first-order chi connectivity index (χ1) is 14.1. The van der Waals surface area contributed by atoms with E-state index in [0.717, 1.165) is 6.42 Å². The maximum absolute atomic E-state index is 12.3. The van der Waals surface area contributed by atoms with Gasteiger partial charge in [0, 0.05) is 48.7 Å². The van der Waals surface area contributed by atoms with Crippen molar-refractivity contribution < 1.29 is 9.59 Å². The number of carbonyl (C=O) groups excluding carboxylic acids is 2. The Balaban J connectivity index is 1.80.